The molecule has 1 aliphatic carbocycles. The topological polar surface area (TPSA) is 48.1 Å². The highest BCUT2D eigenvalue weighted by atomic mass is 16.5. The van der Waals surface area contributed by atoms with Crippen molar-refractivity contribution in [3.63, 3.8) is 0 Å². The van der Waals surface area contributed by atoms with Gasteiger partial charge in [0.1, 0.15) is 5.75 Å². The number of aromatic nitrogens is 1. The first-order chi connectivity index (χ1) is 9.07. The molecule has 3 heteroatoms. The van der Waals surface area contributed by atoms with Crippen LogP contribution in [0.25, 0.3) is 0 Å². The second kappa shape index (κ2) is 5.91. The largest absolute Gasteiger partial charge is 0.489 e. The van der Waals surface area contributed by atoms with Crippen molar-refractivity contribution < 1.29 is 4.74 Å². The molecular weight excluding hydrogens is 236 g/mol. The molecule has 3 nitrogen and oxygen atoms in total. The van der Waals surface area contributed by atoms with Crippen LogP contribution in [-0.2, 0) is 0 Å². The molecule has 106 valence electrons. The van der Waals surface area contributed by atoms with Gasteiger partial charge in [-0.1, -0.05) is 19.8 Å². The molecule has 0 aromatic carbocycles. The van der Waals surface area contributed by atoms with Crippen molar-refractivity contribution in [1.29, 1.82) is 0 Å². The zero-order valence-electron chi connectivity index (χ0n) is 12.4. The Hall–Kier alpha value is -1.09. The van der Waals surface area contributed by atoms with Gasteiger partial charge in [-0.05, 0) is 50.2 Å². The summed E-state index contributed by atoms with van der Waals surface area (Å²) in [5.41, 5.74) is 7.92. The van der Waals surface area contributed by atoms with Gasteiger partial charge in [-0.2, -0.15) is 0 Å². The number of nitrogens with zero attached hydrogens (tertiary/aromatic N) is 1. The minimum absolute atomic E-state index is 0.0724. The zero-order valence-corrected chi connectivity index (χ0v) is 12.4. The van der Waals surface area contributed by atoms with E-state index in [9.17, 15) is 0 Å². The molecule has 1 aromatic heterocycles. The third kappa shape index (κ3) is 3.08. The molecule has 1 aliphatic rings. The van der Waals surface area contributed by atoms with E-state index in [-0.39, 0.29) is 17.6 Å². The van der Waals surface area contributed by atoms with Crippen molar-refractivity contribution in [3.05, 3.63) is 24.0 Å². The predicted molar refractivity (Wildman–Crippen MR) is 78.1 cm³/mol. The van der Waals surface area contributed by atoms with Crippen LogP contribution < -0.4 is 10.5 Å². The van der Waals surface area contributed by atoms with Crippen molar-refractivity contribution in [2.75, 3.05) is 0 Å². The van der Waals surface area contributed by atoms with Gasteiger partial charge >= 0.3 is 0 Å². The molecule has 0 spiro atoms. The Balaban J connectivity index is 2.20. The summed E-state index contributed by atoms with van der Waals surface area (Å²) in [4.78, 5) is 4.29. The van der Waals surface area contributed by atoms with Crippen molar-refractivity contribution in [1.82, 2.24) is 4.98 Å². The minimum atomic E-state index is 0.0724. The van der Waals surface area contributed by atoms with E-state index in [1.165, 1.54) is 25.7 Å². The SMILES string of the molecule is CCC1(C(N)c2cncc(OC(C)C)c2)CCCC1. The average Bonchev–Trinajstić information content (AvgIpc) is 2.87. The molecule has 19 heavy (non-hydrogen) atoms. The lowest BCUT2D eigenvalue weighted by Crippen LogP contribution is -2.31. The molecule has 0 aliphatic heterocycles. The second-order valence-corrected chi connectivity index (χ2v) is 6.02. The maximum absolute atomic E-state index is 6.55. The second-order valence-electron chi connectivity index (χ2n) is 6.02. The molecule has 1 atom stereocenters. The molecule has 2 rings (SSSR count). The summed E-state index contributed by atoms with van der Waals surface area (Å²) in [7, 11) is 0. The Labute approximate surface area is 116 Å². The highest BCUT2D eigenvalue weighted by molar-refractivity contribution is 5.27. The smallest absolute Gasteiger partial charge is 0.138 e. The van der Waals surface area contributed by atoms with E-state index in [1.54, 1.807) is 6.20 Å². The molecule has 0 radical (unpaired) electrons. The fourth-order valence-corrected chi connectivity index (χ4v) is 3.26. The molecule has 2 N–H and O–H groups in total. The van der Waals surface area contributed by atoms with Crippen LogP contribution in [0.15, 0.2) is 18.5 Å². The summed E-state index contributed by atoms with van der Waals surface area (Å²) in [5, 5.41) is 0. The van der Waals surface area contributed by atoms with Crippen molar-refractivity contribution >= 4 is 0 Å². The Morgan fingerprint density at radius 2 is 2.00 bits per heavy atom. The van der Waals surface area contributed by atoms with Crippen molar-refractivity contribution in [2.24, 2.45) is 11.1 Å². The fraction of sp³-hybridized carbons (Fsp3) is 0.688. The van der Waals surface area contributed by atoms with Crippen LogP contribution >= 0.6 is 0 Å². The van der Waals surface area contributed by atoms with Crippen molar-refractivity contribution in [2.45, 2.75) is 65.0 Å². The Bertz CT molecular complexity index is 411. The van der Waals surface area contributed by atoms with E-state index in [4.69, 9.17) is 10.5 Å². The quantitative estimate of drug-likeness (QED) is 0.877. The number of hydrogen-bond donors (Lipinski definition) is 1. The normalized spacial score (nSPS) is 19.6. The van der Waals surface area contributed by atoms with Crippen LogP contribution in [0.5, 0.6) is 5.75 Å². The number of nitrogens with two attached hydrogens (primary N) is 1. The monoisotopic (exact) mass is 262 g/mol. The first-order valence-electron chi connectivity index (χ1n) is 7.44. The third-order valence-corrected chi connectivity index (χ3v) is 4.43. The summed E-state index contributed by atoms with van der Waals surface area (Å²) < 4.78 is 5.72. The summed E-state index contributed by atoms with van der Waals surface area (Å²) >= 11 is 0. The lowest BCUT2D eigenvalue weighted by Gasteiger charge is -2.34. The number of pyridine rings is 1. The molecule has 0 amide bonds. The Kier molecular flexibility index (Phi) is 4.46. The third-order valence-electron chi connectivity index (χ3n) is 4.43. The van der Waals surface area contributed by atoms with E-state index in [0.717, 1.165) is 17.7 Å². The molecule has 0 saturated heterocycles. The van der Waals surface area contributed by atoms with E-state index >= 15 is 0 Å². The van der Waals surface area contributed by atoms with E-state index < -0.39 is 0 Å². The van der Waals surface area contributed by atoms with Crippen LogP contribution in [0.2, 0.25) is 0 Å². The number of rotatable bonds is 5. The molecule has 1 unspecified atom stereocenters. The molecule has 1 saturated carbocycles. The van der Waals surface area contributed by atoms with Gasteiger partial charge in [-0.25, -0.2) is 0 Å². The average molecular weight is 262 g/mol. The standard InChI is InChI=1S/C16H26N2O/c1-4-16(7-5-6-8-16)15(17)13-9-14(11-18-10-13)19-12(2)3/h9-12,15H,4-8,17H2,1-3H3. The van der Waals surface area contributed by atoms with E-state index in [1.807, 2.05) is 20.0 Å². The first kappa shape index (κ1) is 14.3. The van der Waals surface area contributed by atoms with Gasteiger partial charge in [-0.15, -0.1) is 0 Å². The molecule has 0 bridgehead atoms. The molecule has 1 heterocycles. The van der Waals surface area contributed by atoms with Gasteiger partial charge in [-0.3, -0.25) is 4.98 Å². The van der Waals surface area contributed by atoms with E-state index in [2.05, 4.69) is 18.0 Å². The van der Waals surface area contributed by atoms with Gasteiger partial charge < -0.3 is 10.5 Å². The molecular formula is C16H26N2O. The van der Waals surface area contributed by atoms with Gasteiger partial charge in [0.2, 0.25) is 0 Å². The van der Waals surface area contributed by atoms with Gasteiger partial charge in [0, 0.05) is 12.2 Å². The summed E-state index contributed by atoms with van der Waals surface area (Å²) in [6, 6.07) is 2.14. The number of hydrogen-bond acceptors (Lipinski definition) is 3. The lowest BCUT2D eigenvalue weighted by atomic mass is 9.74. The van der Waals surface area contributed by atoms with Crippen LogP contribution in [0.1, 0.15) is 64.5 Å². The Morgan fingerprint density at radius 3 is 2.58 bits per heavy atom. The van der Waals surface area contributed by atoms with Crippen LogP contribution in [0.4, 0.5) is 0 Å². The zero-order chi connectivity index (χ0) is 13.9. The lowest BCUT2D eigenvalue weighted by molar-refractivity contribution is 0.218. The predicted octanol–water partition coefficient (Wildman–Crippen LogP) is 3.84. The van der Waals surface area contributed by atoms with Gasteiger partial charge in [0.25, 0.3) is 0 Å². The molecule has 1 fully saturated rings. The first-order valence-corrected chi connectivity index (χ1v) is 7.44. The van der Waals surface area contributed by atoms with Gasteiger partial charge in [0.05, 0.1) is 12.3 Å². The van der Waals surface area contributed by atoms with Gasteiger partial charge in [0.15, 0.2) is 0 Å². The highest BCUT2D eigenvalue weighted by Gasteiger charge is 2.38. The van der Waals surface area contributed by atoms with E-state index in [0.29, 0.717) is 0 Å². The minimum Gasteiger partial charge on any atom is -0.489 e. The van der Waals surface area contributed by atoms with Crippen LogP contribution in [0.3, 0.4) is 0 Å². The summed E-state index contributed by atoms with van der Waals surface area (Å²) in [6.45, 7) is 6.31. The van der Waals surface area contributed by atoms with Crippen molar-refractivity contribution in [3.8, 4) is 5.75 Å². The summed E-state index contributed by atoms with van der Waals surface area (Å²) in [5.74, 6) is 0.826. The fourth-order valence-electron chi connectivity index (χ4n) is 3.26. The number of ether oxygens (including phenoxy) is 1. The Morgan fingerprint density at radius 1 is 1.32 bits per heavy atom. The molecule has 1 aromatic rings. The maximum atomic E-state index is 6.55. The maximum Gasteiger partial charge on any atom is 0.138 e. The summed E-state index contributed by atoms with van der Waals surface area (Å²) in [6.07, 6.45) is 10.1. The van der Waals surface area contributed by atoms with Crippen LogP contribution in [-0.4, -0.2) is 11.1 Å². The van der Waals surface area contributed by atoms with Crippen LogP contribution in [0, 0.1) is 5.41 Å². The highest BCUT2D eigenvalue weighted by Crippen LogP contribution is 2.49.